The zero-order valence-corrected chi connectivity index (χ0v) is 15.2. The number of nitrogens with zero attached hydrogens (tertiary/aromatic N) is 2. The Morgan fingerprint density at radius 3 is 2.92 bits per heavy atom. The first-order valence-corrected chi connectivity index (χ1v) is 9.61. The van der Waals surface area contributed by atoms with Crippen LogP contribution in [0.3, 0.4) is 0 Å². The van der Waals surface area contributed by atoms with Crippen molar-refractivity contribution in [2.45, 2.75) is 44.2 Å². The summed E-state index contributed by atoms with van der Waals surface area (Å²) in [5.41, 5.74) is 2.99. The SMILES string of the molecule is COC(=O)c1ccc2nc(C3CC34CCNCC4)n(C[C@@H]3CCO3)c2c1. The number of hydrogen-bond donors (Lipinski definition) is 1. The smallest absolute Gasteiger partial charge is 0.337 e. The van der Waals surface area contributed by atoms with Crippen LogP contribution in [0.1, 0.15) is 47.8 Å². The van der Waals surface area contributed by atoms with Gasteiger partial charge in [-0.2, -0.15) is 0 Å². The van der Waals surface area contributed by atoms with Gasteiger partial charge in [0.2, 0.25) is 0 Å². The molecule has 1 saturated carbocycles. The Labute approximate surface area is 152 Å². The van der Waals surface area contributed by atoms with Gasteiger partial charge in [-0.25, -0.2) is 9.78 Å². The van der Waals surface area contributed by atoms with Crippen molar-refractivity contribution in [3.63, 3.8) is 0 Å². The number of hydrogen-bond acceptors (Lipinski definition) is 5. The molecule has 1 aromatic carbocycles. The number of methoxy groups -OCH3 is 1. The van der Waals surface area contributed by atoms with Crippen molar-refractivity contribution in [2.24, 2.45) is 5.41 Å². The van der Waals surface area contributed by atoms with E-state index in [0.29, 0.717) is 16.9 Å². The fraction of sp³-hybridized carbons (Fsp3) is 0.600. The molecule has 1 aliphatic carbocycles. The summed E-state index contributed by atoms with van der Waals surface area (Å²) in [6.45, 7) is 3.88. The highest BCUT2D eigenvalue weighted by Gasteiger charge is 2.56. The minimum Gasteiger partial charge on any atom is -0.465 e. The number of carbonyl (C=O) groups excluding carboxylic acids is 1. The summed E-state index contributed by atoms with van der Waals surface area (Å²) in [5, 5.41) is 3.47. The largest absolute Gasteiger partial charge is 0.465 e. The van der Waals surface area contributed by atoms with E-state index in [2.05, 4.69) is 9.88 Å². The van der Waals surface area contributed by atoms with Crippen molar-refractivity contribution in [3.05, 3.63) is 29.6 Å². The van der Waals surface area contributed by atoms with E-state index < -0.39 is 0 Å². The minimum absolute atomic E-state index is 0.260. The molecule has 0 radical (unpaired) electrons. The van der Waals surface area contributed by atoms with Crippen LogP contribution in [0.5, 0.6) is 0 Å². The van der Waals surface area contributed by atoms with E-state index >= 15 is 0 Å². The Kier molecular flexibility index (Phi) is 3.79. The van der Waals surface area contributed by atoms with Gasteiger partial charge < -0.3 is 19.4 Å². The quantitative estimate of drug-likeness (QED) is 0.854. The van der Waals surface area contributed by atoms with Crippen molar-refractivity contribution in [1.29, 1.82) is 0 Å². The van der Waals surface area contributed by atoms with Crippen LogP contribution >= 0.6 is 0 Å². The first kappa shape index (κ1) is 16.3. The molecule has 0 bridgehead atoms. The molecule has 138 valence electrons. The van der Waals surface area contributed by atoms with Crippen LogP contribution in [0.4, 0.5) is 0 Å². The first-order chi connectivity index (χ1) is 12.7. The molecular weight excluding hydrogens is 330 g/mol. The average molecular weight is 355 g/mol. The molecule has 3 heterocycles. The summed E-state index contributed by atoms with van der Waals surface area (Å²) in [6, 6.07) is 5.68. The Hall–Kier alpha value is -1.92. The van der Waals surface area contributed by atoms with Gasteiger partial charge >= 0.3 is 5.97 Å². The fourth-order valence-electron chi connectivity index (χ4n) is 4.67. The number of piperidine rings is 1. The highest BCUT2D eigenvalue weighted by atomic mass is 16.5. The van der Waals surface area contributed by atoms with Gasteiger partial charge in [-0.3, -0.25) is 0 Å². The maximum absolute atomic E-state index is 12.0. The Morgan fingerprint density at radius 2 is 2.23 bits per heavy atom. The molecule has 1 aromatic heterocycles. The van der Waals surface area contributed by atoms with Gasteiger partial charge in [0.1, 0.15) is 5.82 Å². The lowest BCUT2D eigenvalue weighted by atomic mass is 9.91. The van der Waals surface area contributed by atoms with E-state index in [1.807, 2.05) is 18.2 Å². The van der Waals surface area contributed by atoms with Crippen LogP contribution in [0.15, 0.2) is 18.2 Å². The Morgan fingerprint density at radius 1 is 1.42 bits per heavy atom. The lowest BCUT2D eigenvalue weighted by molar-refractivity contribution is -0.0590. The summed E-state index contributed by atoms with van der Waals surface area (Å²) >= 11 is 0. The standard InChI is InChI=1S/C20H25N3O3/c1-25-19(24)13-2-3-16-17(10-13)23(12-14-4-9-26-14)18(22-16)15-11-20(15)5-7-21-8-6-20/h2-3,10,14-15,21H,4-9,11-12H2,1H3/t14-,15?/m0/s1. The molecule has 1 N–H and O–H groups in total. The zero-order chi connectivity index (χ0) is 17.7. The summed E-state index contributed by atoms with van der Waals surface area (Å²) < 4.78 is 12.9. The van der Waals surface area contributed by atoms with Crippen LogP contribution in [-0.4, -0.2) is 48.4 Å². The predicted octanol–water partition coefficient (Wildman–Crippen LogP) is 2.47. The van der Waals surface area contributed by atoms with Crippen molar-refractivity contribution >= 4 is 17.0 Å². The number of ether oxygens (including phenoxy) is 2. The molecular formula is C20H25N3O3. The maximum atomic E-state index is 12.0. The minimum atomic E-state index is -0.303. The summed E-state index contributed by atoms with van der Waals surface area (Å²) in [5.74, 6) is 1.40. The summed E-state index contributed by atoms with van der Waals surface area (Å²) in [4.78, 5) is 17.0. The third-order valence-electron chi connectivity index (χ3n) is 6.48. The molecule has 6 heteroatoms. The van der Waals surface area contributed by atoms with Gasteiger partial charge in [-0.15, -0.1) is 0 Å². The van der Waals surface area contributed by atoms with Crippen molar-refractivity contribution in [1.82, 2.24) is 14.9 Å². The van der Waals surface area contributed by atoms with E-state index in [4.69, 9.17) is 14.5 Å². The third-order valence-corrected chi connectivity index (χ3v) is 6.48. The monoisotopic (exact) mass is 355 g/mol. The predicted molar refractivity (Wildman–Crippen MR) is 97.3 cm³/mol. The molecule has 0 amide bonds. The highest BCUT2D eigenvalue weighted by Crippen LogP contribution is 2.64. The molecule has 5 rings (SSSR count). The van der Waals surface area contributed by atoms with E-state index in [-0.39, 0.29) is 12.1 Å². The van der Waals surface area contributed by atoms with E-state index in [1.165, 1.54) is 32.2 Å². The molecule has 2 aromatic rings. The summed E-state index contributed by atoms with van der Waals surface area (Å²) in [7, 11) is 1.42. The number of nitrogens with one attached hydrogen (secondary N) is 1. The van der Waals surface area contributed by atoms with Crippen LogP contribution in [0, 0.1) is 5.41 Å². The molecule has 1 spiro atoms. The van der Waals surface area contributed by atoms with E-state index in [0.717, 1.165) is 43.7 Å². The molecule has 2 aliphatic heterocycles. The molecule has 26 heavy (non-hydrogen) atoms. The van der Waals surface area contributed by atoms with Crippen molar-refractivity contribution in [3.8, 4) is 0 Å². The van der Waals surface area contributed by atoms with Crippen molar-refractivity contribution < 1.29 is 14.3 Å². The molecule has 2 atom stereocenters. The maximum Gasteiger partial charge on any atom is 0.337 e. The topological polar surface area (TPSA) is 65.4 Å². The average Bonchev–Trinajstić information content (AvgIpc) is 3.19. The van der Waals surface area contributed by atoms with Crippen molar-refractivity contribution in [2.75, 3.05) is 26.8 Å². The van der Waals surface area contributed by atoms with Gasteiger partial charge in [0.15, 0.2) is 0 Å². The summed E-state index contributed by atoms with van der Waals surface area (Å²) in [6.07, 6.45) is 5.04. The number of fused-ring (bicyclic) bond motifs is 1. The number of imidazole rings is 1. The van der Waals surface area contributed by atoms with Crippen LogP contribution in [0.2, 0.25) is 0 Å². The Balaban J connectivity index is 1.55. The van der Waals surface area contributed by atoms with E-state index in [1.54, 1.807) is 0 Å². The number of benzene rings is 1. The molecule has 6 nitrogen and oxygen atoms in total. The van der Waals surface area contributed by atoms with Gasteiger partial charge in [-0.1, -0.05) is 0 Å². The number of esters is 1. The third kappa shape index (κ3) is 2.55. The van der Waals surface area contributed by atoms with Gasteiger partial charge in [0.05, 0.1) is 36.4 Å². The number of aromatic nitrogens is 2. The number of rotatable bonds is 4. The second kappa shape index (κ2) is 6.06. The normalized spacial score (nSPS) is 26.7. The Bertz CT molecular complexity index is 849. The van der Waals surface area contributed by atoms with E-state index in [9.17, 15) is 4.79 Å². The zero-order valence-electron chi connectivity index (χ0n) is 15.2. The molecule has 1 unspecified atom stereocenters. The van der Waals surface area contributed by atoms with Gasteiger partial charge in [0, 0.05) is 12.5 Å². The van der Waals surface area contributed by atoms with Crippen LogP contribution in [-0.2, 0) is 16.0 Å². The highest BCUT2D eigenvalue weighted by molar-refractivity contribution is 5.93. The van der Waals surface area contributed by atoms with Crippen LogP contribution in [0.25, 0.3) is 11.0 Å². The lowest BCUT2D eigenvalue weighted by Gasteiger charge is -2.28. The van der Waals surface area contributed by atoms with Gasteiger partial charge in [0.25, 0.3) is 0 Å². The van der Waals surface area contributed by atoms with Gasteiger partial charge in [-0.05, 0) is 62.4 Å². The second-order valence-corrected chi connectivity index (χ2v) is 7.93. The van der Waals surface area contributed by atoms with Crippen LogP contribution < -0.4 is 5.32 Å². The first-order valence-electron chi connectivity index (χ1n) is 9.61. The lowest BCUT2D eigenvalue weighted by Crippen LogP contribution is -2.32. The molecule has 3 aliphatic rings. The second-order valence-electron chi connectivity index (χ2n) is 7.93. The molecule has 3 fully saturated rings. The molecule has 2 saturated heterocycles. The number of carbonyl (C=O) groups is 1. The fourth-order valence-corrected chi connectivity index (χ4v) is 4.67.